The third-order valence-corrected chi connectivity index (χ3v) is 12.5. The average Bonchev–Trinajstić information content (AvgIpc) is 3.28. The fourth-order valence-corrected chi connectivity index (χ4v) is 9.56. The molecule has 7 rings (SSSR count). The summed E-state index contributed by atoms with van der Waals surface area (Å²) in [6.45, 7) is 10.5. The summed E-state index contributed by atoms with van der Waals surface area (Å²) in [7, 11) is 1.70. The number of nitrogens with zero attached hydrogens (tertiary/aromatic N) is 3. The maximum absolute atomic E-state index is 14.2. The zero-order valence-corrected chi connectivity index (χ0v) is 37.3. The molecule has 0 radical (unpaired) electrons. The number of benzene rings is 4. The number of non-ortho nitro benzene ring substituents is 1. The van der Waals surface area contributed by atoms with Crippen molar-refractivity contribution in [2.75, 3.05) is 33.5 Å². The van der Waals surface area contributed by atoms with E-state index in [0.29, 0.717) is 41.4 Å². The second-order valence-corrected chi connectivity index (χ2v) is 18.3. The maximum atomic E-state index is 14.2. The summed E-state index contributed by atoms with van der Waals surface area (Å²) in [4.78, 5) is 32.7. The summed E-state index contributed by atoms with van der Waals surface area (Å²) >= 11 is 0. The highest BCUT2D eigenvalue weighted by Crippen LogP contribution is 2.62. The van der Waals surface area contributed by atoms with Crippen LogP contribution < -0.4 is 9.47 Å². The number of carbonyl (C=O) groups excluding carboxylic acids is 1. The second-order valence-electron chi connectivity index (χ2n) is 18.3. The van der Waals surface area contributed by atoms with Gasteiger partial charge in [0, 0.05) is 50.3 Å². The third-order valence-electron chi connectivity index (χ3n) is 12.5. The molecule has 1 saturated carbocycles. The number of nitro groups is 1. The van der Waals surface area contributed by atoms with Crippen LogP contribution in [0.1, 0.15) is 82.8 Å². The van der Waals surface area contributed by atoms with Crippen LogP contribution in [0, 0.1) is 33.3 Å². The molecule has 1 heterocycles. The summed E-state index contributed by atoms with van der Waals surface area (Å²) in [6.07, 6.45) is 8.02. The number of unbranched alkanes of at least 4 members (excludes halogenated alkanes) is 2. The van der Waals surface area contributed by atoms with Crippen LogP contribution >= 0.6 is 0 Å². The van der Waals surface area contributed by atoms with Crippen molar-refractivity contribution in [2.45, 2.75) is 90.1 Å². The van der Waals surface area contributed by atoms with Crippen molar-refractivity contribution < 1.29 is 43.7 Å². The third kappa shape index (κ3) is 10.3. The number of nitro benzene ring substituents is 1. The van der Waals surface area contributed by atoms with Gasteiger partial charge >= 0.3 is 6.09 Å². The average molecular weight is 876 g/mol. The van der Waals surface area contributed by atoms with E-state index in [0.717, 1.165) is 47.6 Å². The number of aliphatic hydroxyl groups is 2. The molecule has 1 amide bonds. The molecule has 2 N–H and O–H groups in total. The molecule has 1 aliphatic heterocycles. The van der Waals surface area contributed by atoms with Crippen molar-refractivity contribution in [3.63, 3.8) is 0 Å². The van der Waals surface area contributed by atoms with Gasteiger partial charge in [-0.15, -0.1) is 6.58 Å². The molecular formula is C51H61N3O10. The minimum Gasteiger partial charge on any atom is -0.459 e. The molecule has 0 bridgehead atoms. The van der Waals surface area contributed by atoms with Crippen LogP contribution in [0.2, 0.25) is 0 Å². The van der Waals surface area contributed by atoms with Gasteiger partial charge in [-0.25, -0.2) is 4.79 Å². The van der Waals surface area contributed by atoms with Gasteiger partial charge in [-0.3, -0.25) is 10.1 Å². The predicted molar refractivity (Wildman–Crippen MR) is 245 cm³/mol. The van der Waals surface area contributed by atoms with Crippen LogP contribution in [0.15, 0.2) is 114 Å². The number of rotatable bonds is 19. The number of fused-ring (bicyclic) bond motifs is 3. The lowest BCUT2D eigenvalue weighted by atomic mass is 9.55. The molecule has 6 unspecified atom stereocenters. The Morgan fingerprint density at radius 1 is 0.969 bits per heavy atom. The van der Waals surface area contributed by atoms with Crippen molar-refractivity contribution in [1.29, 1.82) is 0 Å². The van der Waals surface area contributed by atoms with Crippen LogP contribution in [0.5, 0.6) is 17.2 Å². The Kier molecular flexibility index (Phi) is 14.7. The number of hydrogen-bond acceptors (Lipinski definition) is 11. The number of carbonyl (C=O) groups is 1. The zero-order chi connectivity index (χ0) is 45.4. The number of oxime groups is 1. The van der Waals surface area contributed by atoms with Crippen LogP contribution in [-0.4, -0.2) is 77.1 Å². The molecule has 0 saturated heterocycles. The SMILES string of the molecule is C=CCOC12Oc3ccc(Oc4ccc5ccccc5c4)cc3C3C(CCCCO)C(CCCCO)C=C(C(=NOCc4ccc([N+](=O)[O-])cc4)CC1N(C)C(=O)OCC(C)(C)C)C32. The monoisotopic (exact) mass is 875 g/mol. The summed E-state index contributed by atoms with van der Waals surface area (Å²) < 4.78 is 26.8. The quantitative estimate of drug-likeness (QED) is 0.0401. The lowest BCUT2D eigenvalue weighted by molar-refractivity contribution is -0.384. The Labute approximate surface area is 375 Å². The number of aliphatic hydroxyl groups excluding tert-OH is 2. The van der Waals surface area contributed by atoms with E-state index in [9.17, 15) is 25.1 Å². The highest BCUT2D eigenvalue weighted by Gasteiger charge is 2.65. The molecule has 6 atom stereocenters. The van der Waals surface area contributed by atoms with Crippen molar-refractivity contribution in [3.8, 4) is 17.2 Å². The van der Waals surface area contributed by atoms with Crippen LogP contribution in [0.3, 0.4) is 0 Å². The fourth-order valence-electron chi connectivity index (χ4n) is 9.56. The maximum Gasteiger partial charge on any atom is 0.410 e. The van der Waals surface area contributed by atoms with Crippen molar-refractivity contribution in [3.05, 3.63) is 130 Å². The molecule has 4 aromatic rings. The minimum absolute atomic E-state index is 0.0171. The highest BCUT2D eigenvalue weighted by atomic mass is 16.7. The minimum atomic E-state index is -1.45. The standard InChI is InChI=1S/C51H61N3O10/c1-6-27-61-51-46(53(5)49(57)60-33-50(2,3)4)31-44(52-62-32-34-17-20-38(21-18-34)54(58)59)42-29-37(15-9-11-25-55)41(16-10-12-26-56)47(48(42)51)43-30-40(23-24-45(43)64-51)63-39-22-19-35-13-7-8-14-36(35)28-39/h6-8,13-14,17-24,28-30,37,41,46-48,55-56H,1,9-12,15-16,25-27,31-33H2,2-5H3. The molecule has 13 nitrogen and oxygen atoms in total. The lowest BCUT2D eigenvalue weighted by Crippen LogP contribution is -2.69. The Morgan fingerprint density at radius 2 is 1.67 bits per heavy atom. The highest BCUT2D eigenvalue weighted by molar-refractivity contribution is 6.03. The molecule has 4 aromatic carbocycles. The normalized spacial score (nSPS) is 23.0. The number of allylic oxidation sites excluding steroid dienone is 1. The molecule has 0 aromatic heterocycles. The summed E-state index contributed by atoms with van der Waals surface area (Å²) in [6, 6.07) is 25.4. The van der Waals surface area contributed by atoms with E-state index in [2.05, 4.69) is 30.9 Å². The van der Waals surface area contributed by atoms with E-state index >= 15 is 0 Å². The van der Waals surface area contributed by atoms with Gasteiger partial charge in [0.1, 0.15) is 29.9 Å². The van der Waals surface area contributed by atoms with E-state index in [1.54, 1.807) is 30.2 Å². The molecule has 13 heteroatoms. The first-order chi connectivity index (χ1) is 30.8. The number of likely N-dealkylation sites (N-methyl/N-ethyl adjacent to an activating group) is 1. The largest absolute Gasteiger partial charge is 0.459 e. The van der Waals surface area contributed by atoms with E-state index in [1.807, 2.05) is 63.2 Å². The van der Waals surface area contributed by atoms with Gasteiger partial charge in [0.25, 0.3) is 5.69 Å². The summed E-state index contributed by atoms with van der Waals surface area (Å²) in [5.74, 6) is -0.252. The van der Waals surface area contributed by atoms with E-state index in [1.165, 1.54) is 12.1 Å². The first kappa shape index (κ1) is 46.2. The number of hydrogen-bond donors (Lipinski definition) is 2. The molecule has 340 valence electrons. The van der Waals surface area contributed by atoms with Crippen molar-refractivity contribution in [1.82, 2.24) is 4.90 Å². The Hall–Kier alpha value is -5.76. The van der Waals surface area contributed by atoms with Gasteiger partial charge in [0.2, 0.25) is 5.79 Å². The van der Waals surface area contributed by atoms with Crippen molar-refractivity contribution >= 4 is 28.3 Å². The molecule has 1 fully saturated rings. The Balaban J connectivity index is 1.39. The zero-order valence-electron chi connectivity index (χ0n) is 37.3. The number of amides is 1. The summed E-state index contributed by atoms with van der Waals surface area (Å²) in [5.41, 5.74) is 2.81. The lowest BCUT2D eigenvalue weighted by Gasteiger charge is -2.59. The van der Waals surface area contributed by atoms with E-state index < -0.39 is 28.8 Å². The van der Waals surface area contributed by atoms with E-state index in [-0.39, 0.29) is 68.3 Å². The first-order valence-electron chi connectivity index (χ1n) is 22.4. The van der Waals surface area contributed by atoms with Crippen LogP contribution in [0.25, 0.3) is 10.8 Å². The second kappa shape index (κ2) is 20.4. The van der Waals surface area contributed by atoms with Crippen molar-refractivity contribution in [2.24, 2.45) is 28.3 Å². The Bertz CT molecular complexity index is 2340. The van der Waals surface area contributed by atoms with Crippen LogP contribution in [-0.2, 0) is 20.9 Å². The van der Waals surface area contributed by atoms with Gasteiger partial charge in [-0.1, -0.05) is 81.3 Å². The molecule has 64 heavy (non-hydrogen) atoms. The van der Waals surface area contributed by atoms with Gasteiger partial charge in [0.05, 0.1) is 29.8 Å². The van der Waals surface area contributed by atoms with Gasteiger partial charge < -0.3 is 38.9 Å². The molecular weight excluding hydrogens is 815 g/mol. The van der Waals surface area contributed by atoms with Crippen LogP contribution in [0.4, 0.5) is 10.5 Å². The van der Waals surface area contributed by atoms with E-state index in [4.69, 9.17) is 28.9 Å². The number of ether oxygens (including phenoxy) is 4. The van der Waals surface area contributed by atoms with Gasteiger partial charge in [0.15, 0.2) is 0 Å². The molecule has 0 spiro atoms. The fraction of sp³-hybridized carbons (Fsp3) is 0.451. The van der Waals surface area contributed by atoms with Gasteiger partial charge in [-0.2, -0.15) is 0 Å². The predicted octanol–water partition coefficient (Wildman–Crippen LogP) is 10.5. The smallest absolute Gasteiger partial charge is 0.410 e. The topological polar surface area (TPSA) is 162 Å². The molecule has 2 aliphatic carbocycles. The Morgan fingerprint density at radius 3 is 2.38 bits per heavy atom. The summed E-state index contributed by atoms with van der Waals surface area (Å²) in [5, 5.41) is 38.2. The van der Waals surface area contributed by atoms with Gasteiger partial charge in [-0.05, 0) is 107 Å². The first-order valence-corrected chi connectivity index (χ1v) is 22.4. The molecule has 3 aliphatic rings.